The van der Waals surface area contributed by atoms with Crippen LogP contribution in [0.2, 0.25) is 0 Å². The normalized spacial score (nSPS) is 19.0. The van der Waals surface area contributed by atoms with Crippen LogP contribution >= 0.6 is 0 Å². The molecule has 2 amide bonds. The van der Waals surface area contributed by atoms with Crippen LogP contribution in [0.3, 0.4) is 0 Å². The van der Waals surface area contributed by atoms with Gasteiger partial charge in [-0.3, -0.25) is 14.6 Å². The maximum Gasteiger partial charge on any atom is 0.248 e. The minimum absolute atomic E-state index is 0.154. The number of nitrogens with zero attached hydrogens (tertiary/aromatic N) is 2. The molecule has 0 unspecified atom stereocenters. The van der Waals surface area contributed by atoms with Crippen LogP contribution in [0.25, 0.3) is 0 Å². The molecule has 1 aliphatic rings. The summed E-state index contributed by atoms with van der Waals surface area (Å²) in [6.07, 6.45) is 2.88. The summed E-state index contributed by atoms with van der Waals surface area (Å²) in [6, 6.07) is 1.34. The molecule has 2 rings (SSSR count). The van der Waals surface area contributed by atoms with E-state index in [2.05, 4.69) is 10.3 Å². The molecule has 1 aliphatic heterocycles. The standard InChI is InChI=1S/C13H16FN3O2/c1-13(2)12(19)17(4-3-11(18)16-13)8-9-5-10(14)7-15-6-9/h5-7H,3-4,8H2,1-2H3,(H,16,18). The highest BCUT2D eigenvalue weighted by atomic mass is 19.1. The van der Waals surface area contributed by atoms with Crippen LogP contribution in [0.15, 0.2) is 18.5 Å². The fraction of sp³-hybridized carbons (Fsp3) is 0.462. The van der Waals surface area contributed by atoms with Crippen LogP contribution in [0.5, 0.6) is 0 Å². The van der Waals surface area contributed by atoms with Crippen LogP contribution in [-0.4, -0.2) is 33.8 Å². The van der Waals surface area contributed by atoms with Gasteiger partial charge in [-0.1, -0.05) is 0 Å². The van der Waals surface area contributed by atoms with Gasteiger partial charge in [-0.25, -0.2) is 4.39 Å². The fourth-order valence-electron chi connectivity index (χ4n) is 2.11. The van der Waals surface area contributed by atoms with Gasteiger partial charge in [0.1, 0.15) is 11.4 Å². The first-order valence-electron chi connectivity index (χ1n) is 6.08. The first-order chi connectivity index (χ1) is 8.88. The number of amides is 2. The molecule has 0 bridgehead atoms. The van der Waals surface area contributed by atoms with E-state index in [4.69, 9.17) is 0 Å². The Morgan fingerprint density at radius 2 is 2.16 bits per heavy atom. The number of hydrogen-bond donors (Lipinski definition) is 1. The molecule has 0 saturated carbocycles. The third-order valence-electron chi connectivity index (χ3n) is 3.02. The molecular weight excluding hydrogens is 249 g/mol. The molecule has 1 aromatic heterocycles. The Morgan fingerprint density at radius 3 is 2.84 bits per heavy atom. The van der Waals surface area contributed by atoms with Crippen LogP contribution < -0.4 is 5.32 Å². The number of rotatable bonds is 2. The van der Waals surface area contributed by atoms with Crippen LogP contribution in [0.4, 0.5) is 4.39 Å². The number of halogens is 1. The summed E-state index contributed by atoms with van der Waals surface area (Å²) in [5, 5.41) is 2.68. The second-order valence-corrected chi connectivity index (χ2v) is 5.16. The van der Waals surface area contributed by atoms with Gasteiger partial charge in [-0.05, 0) is 25.5 Å². The maximum absolute atomic E-state index is 13.1. The molecule has 0 spiro atoms. The third kappa shape index (κ3) is 3.07. The SMILES string of the molecule is CC1(C)NC(=O)CCN(Cc2cncc(F)c2)C1=O. The monoisotopic (exact) mass is 265 g/mol. The number of aromatic nitrogens is 1. The number of hydrogen-bond acceptors (Lipinski definition) is 3. The molecule has 1 N–H and O–H groups in total. The third-order valence-corrected chi connectivity index (χ3v) is 3.02. The van der Waals surface area contributed by atoms with E-state index in [-0.39, 0.29) is 24.8 Å². The fourth-order valence-corrected chi connectivity index (χ4v) is 2.11. The summed E-state index contributed by atoms with van der Waals surface area (Å²) >= 11 is 0. The zero-order valence-corrected chi connectivity index (χ0v) is 10.9. The molecule has 102 valence electrons. The minimum Gasteiger partial charge on any atom is -0.342 e. The first kappa shape index (κ1) is 13.5. The second-order valence-electron chi connectivity index (χ2n) is 5.16. The zero-order valence-electron chi connectivity index (χ0n) is 10.9. The van der Waals surface area contributed by atoms with Crippen molar-refractivity contribution in [2.24, 2.45) is 0 Å². The molecule has 0 aromatic carbocycles. The lowest BCUT2D eigenvalue weighted by atomic mass is 10.0. The molecule has 0 aliphatic carbocycles. The number of carbonyl (C=O) groups is 2. The second kappa shape index (κ2) is 4.95. The highest BCUT2D eigenvalue weighted by Gasteiger charge is 2.36. The summed E-state index contributed by atoms with van der Waals surface area (Å²) in [6.45, 7) is 3.90. The van der Waals surface area contributed by atoms with Gasteiger partial charge in [0, 0.05) is 25.7 Å². The predicted molar refractivity (Wildman–Crippen MR) is 66.5 cm³/mol. The molecule has 0 radical (unpaired) electrons. The summed E-state index contributed by atoms with van der Waals surface area (Å²) in [5.41, 5.74) is -0.326. The lowest BCUT2D eigenvalue weighted by molar-refractivity contribution is -0.137. The molecule has 19 heavy (non-hydrogen) atoms. The van der Waals surface area contributed by atoms with Crippen molar-refractivity contribution >= 4 is 11.8 Å². The van der Waals surface area contributed by atoms with E-state index in [1.54, 1.807) is 18.7 Å². The van der Waals surface area contributed by atoms with Gasteiger partial charge < -0.3 is 10.2 Å². The average Bonchev–Trinajstić information content (AvgIpc) is 2.40. The van der Waals surface area contributed by atoms with Gasteiger partial charge in [0.25, 0.3) is 0 Å². The lowest BCUT2D eigenvalue weighted by Crippen LogP contribution is -2.52. The van der Waals surface area contributed by atoms with Gasteiger partial charge in [0.2, 0.25) is 11.8 Å². The van der Waals surface area contributed by atoms with Crippen molar-refractivity contribution in [2.75, 3.05) is 6.54 Å². The van der Waals surface area contributed by atoms with Crippen LogP contribution in [0.1, 0.15) is 25.8 Å². The maximum atomic E-state index is 13.1. The van der Waals surface area contributed by atoms with E-state index < -0.39 is 11.4 Å². The summed E-state index contributed by atoms with van der Waals surface area (Å²) < 4.78 is 13.1. The highest BCUT2D eigenvalue weighted by molar-refractivity contribution is 5.92. The largest absolute Gasteiger partial charge is 0.342 e. The molecule has 1 saturated heterocycles. The zero-order chi connectivity index (χ0) is 14.0. The molecule has 0 atom stereocenters. The first-order valence-corrected chi connectivity index (χ1v) is 6.08. The number of carbonyl (C=O) groups excluding carboxylic acids is 2. The Morgan fingerprint density at radius 1 is 1.42 bits per heavy atom. The van der Waals surface area contributed by atoms with E-state index >= 15 is 0 Å². The van der Waals surface area contributed by atoms with Gasteiger partial charge in [-0.2, -0.15) is 0 Å². The van der Waals surface area contributed by atoms with Gasteiger partial charge in [0.15, 0.2) is 0 Å². The Balaban J connectivity index is 2.19. The molecule has 1 aromatic rings. The topological polar surface area (TPSA) is 62.3 Å². The van der Waals surface area contributed by atoms with Crippen LogP contribution in [0, 0.1) is 5.82 Å². The van der Waals surface area contributed by atoms with E-state index in [1.165, 1.54) is 12.3 Å². The molecular formula is C13H16FN3O2. The molecule has 5 nitrogen and oxygen atoms in total. The van der Waals surface area contributed by atoms with Crippen molar-refractivity contribution in [1.82, 2.24) is 15.2 Å². The van der Waals surface area contributed by atoms with E-state index in [1.807, 2.05) is 0 Å². The summed E-state index contributed by atoms with van der Waals surface area (Å²) in [4.78, 5) is 29.1. The minimum atomic E-state index is -0.936. The number of nitrogens with one attached hydrogen (secondary N) is 1. The van der Waals surface area contributed by atoms with Crippen molar-refractivity contribution in [3.05, 3.63) is 29.8 Å². The van der Waals surface area contributed by atoms with Crippen molar-refractivity contribution in [1.29, 1.82) is 0 Å². The Bertz CT molecular complexity index is 516. The predicted octanol–water partition coefficient (Wildman–Crippen LogP) is 0.848. The van der Waals surface area contributed by atoms with Crippen LogP contribution in [-0.2, 0) is 16.1 Å². The van der Waals surface area contributed by atoms with Crippen molar-refractivity contribution < 1.29 is 14.0 Å². The van der Waals surface area contributed by atoms with Gasteiger partial charge in [-0.15, -0.1) is 0 Å². The summed E-state index contributed by atoms with van der Waals surface area (Å²) in [5.74, 6) is -0.769. The highest BCUT2D eigenvalue weighted by Crippen LogP contribution is 2.16. The molecule has 2 heterocycles. The number of pyridine rings is 1. The quantitative estimate of drug-likeness (QED) is 0.862. The van der Waals surface area contributed by atoms with Crippen molar-refractivity contribution in [2.45, 2.75) is 32.4 Å². The Labute approximate surface area is 110 Å². The molecule has 6 heteroatoms. The molecule has 1 fully saturated rings. The average molecular weight is 265 g/mol. The Kier molecular flexibility index (Phi) is 3.50. The Hall–Kier alpha value is -1.98. The lowest BCUT2D eigenvalue weighted by Gasteiger charge is -2.28. The van der Waals surface area contributed by atoms with Gasteiger partial charge in [0.05, 0.1) is 6.20 Å². The van der Waals surface area contributed by atoms with E-state index in [0.29, 0.717) is 12.1 Å². The smallest absolute Gasteiger partial charge is 0.248 e. The summed E-state index contributed by atoms with van der Waals surface area (Å²) in [7, 11) is 0. The van der Waals surface area contributed by atoms with E-state index in [0.717, 1.165) is 6.20 Å². The van der Waals surface area contributed by atoms with E-state index in [9.17, 15) is 14.0 Å². The van der Waals surface area contributed by atoms with Crippen molar-refractivity contribution in [3.63, 3.8) is 0 Å². The van der Waals surface area contributed by atoms with Gasteiger partial charge >= 0.3 is 0 Å². The van der Waals surface area contributed by atoms with Crippen molar-refractivity contribution in [3.8, 4) is 0 Å².